The van der Waals surface area contributed by atoms with Gasteiger partial charge in [0.2, 0.25) is 10.0 Å². The van der Waals surface area contributed by atoms with Crippen molar-refractivity contribution in [2.45, 2.75) is 4.90 Å². The first-order chi connectivity index (χ1) is 9.07. The molecule has 5 heteroatoms. The number of nitrogens with zero attached hydrogens (tertiary/aromatic N) is 1. The van der Waals surface area contributed by atoms with Gasteiger partial charge < -0.3 is 5.32 Å². The Morgan fingerprint density at radius 2 is 1.79 bits per heavy atom. The van der Waals surface area contributed by atoms with Crippen LogP contribution in [-0.2, 0) is 10.0 Å². The minimum Gasteiger partial charge on any atom is -0.318 e. The summed E-state index contributed by atoms with van der Waals surface area (Å²) in [5, 5.41) is 4.65. The molecule has 0 unspecified atom stereocenters. The molecule has 1 N–H and O–H groups in total. The lowest BCUT2D eigenvalue weighted by molar-refractivity contribution is 0.466. The van der Waals surface area contributed by atoms with Gasteiger partial charge in [-0.05, 0) is 18.5 Å². The normalized spacial score (nSPS) is 12.2. The molecule has 102 valence electrons. The number of rotatable bonds is 5. The molecule has 0 aliphatic carbocycles. The molecule has 0 aromatic heterocycles. The number of benzene rings is 2. The fraction of sp³-hybridized carbons (Fsp3) is 0.286. The monoisotopic (exact) mass is 278 g/mol. The summed E-state index contributed by atoms with van der Waals surface area (Å²) in [5.74, 6) is 0. The van der Waals surface area contributed by atoms with E-state index in [0.29, 0.717) is 18.0 Å². The summed E-state index contributed by atoms with van der Waals surface area (Å²) in [7, 11) is -0.0349. The van der Waals surface area contributed by atoms with E-state index in [0.717, 1.165) is 10.8 Å². The molecular formula is C14H18N2O2S. The Kier molecular flexibility index (Phi) is 4.19. The SMILES string of the molecule is CNCCN(C)S(=O)(=O)c1cccc2ccccc12. The molecule has 2 aromatic rings. The van der Waals surface area contributed by atoms with E-state index in [1.807, 2.05) is 30.3 Å². The van der Waals surface area contributed by atoms with Crippen molar-refractivity contribution in [3.05, 3.63) is 42.5 Å². The van der Waals surface area contributed by atoms with Crippen molar-refractivity contribution < 1.29 is 8.42 Å². The summed E-state index contributed by atoms with van der Waals surface area (Å²) in [4.78, 5) is 0.365. The van der Waals surface area contributed by atoms with Crippen LogP contribution in [0.2, 0.25) is 0 Å². The molecule has 19 heavy (non-hydrogen) atoms. The number of hydrogen-bond donors (Lipinski definition) is 1. The van der Waals surface area contributed by atoms with E-state index in [1.54, 1.807) is 26.2 Å². The molecule has 0 amide bonds. The van der Waals surface area contributed by atoms with Crippen LogP contribution in [0.4, 0.5) is 0 Å². The number of sulfonamides is 1. The van der Waals surface area contributed by atoms with Crippen LogP contribution in [0.3, 0.4) is 0 Å². The van der Waals surface area contributed by atoms with E-state index in [9.17, 15) is 8.42 Å². The molecule has 0 saturated heterocycles. The van der Waals surface area contributed by atoms with Gasteiger partial charge in [-0.25, -0.2) is 8.42 Å². The van der Waals surface area contributed by atoms with Crippen molar-refractivity contribution >= 4 is 20.8 Å². The van der Waals surface area contributed by atoms with Gasteiger partial charge in [0.05, 0.1) is 4.90 Å². The maximum atomic E-state index is 12.6. The Morgan fingerprint density at radius 1 is 1.11 bits per heavy atom. The van der Waals surface area contributed by atoms with Gasteiger partial charge in [0.25, 0.3) is 0 Å². The smallest absolute Gasteiger partial charge is 0.243 e. The summed E-state index contributed by atoms with van der Waals surface area (Å²) >= 11 is 0. The Bertz CT molecular complexity index is 663. The molecular weight excluding hydrogens is 260 g/mol. The van der Waals surface area contributed by atoms with Crippen LogP contribution in [0.1, 0.15) is 0 Å². The molecule has 0 bridgehead atoms. The van der Waals surface area contributed by atoms with Crippen molar-refractivity contribution in [1.29, 1.82) is 0 Å². The van der Waals surface area contributed by atoms with Gasteiger partial charge in [0.1, 0.15) is 0 Å². The van der Waals surface area contributed by atoms with Crippen molar-refractivity contribution in [3.8, 4) is 0 Å². The fourth-order valence-electron chi connectivity index (χ4n) is 1.98. The Balaban J connectivity index is 2.49. The first kappa shape index (κ1) is 14.0. The Labute approximate surface area is 114 Å². The molecule has 0 atom stereocenters. The quantitative estimate of drug-likeness (QED) is 0.905. The van der Waals surface area contributed by atoms with Crippen LogP contribution in [-0.4, -0.2) is 39.9 Å². The number of nitrogens with one attached hydrogen (secondary N) is 1. The predicted molar refractivity (Wildman–Crippen MR) is 77.7 cm³/mol. The van der Waals surface area contributed by atoms with Crippen molar-refractivity contribution in [3.63, 3.8) is 0 Å². The van der Waals surface area contributed by atoms with Gasteiger partial charge in [0.15, 0.2) is 0 Å². The van der Waals surface area contributed by atoms with Crippen LogP contribution in [0.5, 0.6) is 0 Å². The maximum absolute atomic E-state index is 12.6. The van der Waals surface area contributed by atoms with Gasteiger partial charge in [-0.1, -0.05) is 36.4 Å². The highest BCUT2D eigenvalue weighted by Gasteiger charge is 2.22. The minimum absolute atomic E-state index is 0.365. The largest absolute Gasteiger partial charge is 0.318 e. The summed E-state index contributed by atoms with van der Waals surface area (Å²) in [6.45, 7) is 1.07. The third-order valence-corrected chi connectivity index (χ3v) is 5.03. The molecule has 0 radical (unpaired) electrons. The van der Waals surface area contributed by atoms with E-state index >= 15 is 0 Å². The molecule has 2 aromatic carbocycles. The van der Waals surface area contributed by atoms with Crippen LogP contribution in [0.25, 0.3) is 10.8 Å². The van der Waals surface area contributed by atoms with E-state index in [4.69, 9.17) is 0 Å². The van der Waals surface area contributed by atoms with Crippen molar-refractivity contribution in [1.82, 2.24) is 9.62 Å². The Hall–Kier alpha value is -1.43. The third-order valence-electron chi connectivity index (χ3n) is 3.11. The predicted octanol–water partition coefficient (Wildman–Crippen LogP) is 1.68. The highest BCUT2D eigenvalue weighted by atomic mass is 32.2. The van der Waals surface area contributed by atoms with Crippen molar-refractivity contribution in [2.75, 3.05) is 27.2 Å². The van der Waals surface area contributed by atoms with Crippen molar-refractivity contribution in [2.24, 2.45) is 0 Å². The lowest BCUT2D eigenvalue weighted by Crippen LogP contribution is -2.32. The fourth-order valence-corrected chi connectivity index (χ4v) is 3.36. The van der Waals surface area contributed by atoms with Gasteiger partial charge in [0, 0.05) is 25.5 Å². The van der Waals surface area contributed by atoms with E-state index in [-0.39, 0.29) is 0 Å². The molecule has 0 fully saturated rings. The van der Waals surface area contributed by atoms with Gasteiger partial charge in [-0.3, -0.25) is 0 Å². The zero-order chi connectivity index (χ0) is 13.9. The second-order valence-corrected chi connectivity index (χ2v) is 6.42. The average Bonchev–Trinajstić information content (AvgIpc) is 2.43. The van der Waals surface area contributed by atoms with Crippen LogP contribution in [0.15, 0.2) is 47.4 Å². The first-order valence-electron chi connectivity index (χ1n) is 6.16. The molecule has 0 aliphatic heterocycles. The standard InChI is InChI=1S/C14H18N2O2S/c1-15-10-11-16(2)19(17,18)14-9-5-7-12-6-3-4-8-13(12)14/h3-9,15H,10-11H2,1-2H3. The van der Waals surface area contributed by atoms with E-state index in [2.05, 4.69) is 5.32 Å². The number of fused-ring (bicyclic) bond motifs is 1. The van der Waals surface area contributed by atoms with Gasteiger partial charge in [-0.15, -0.1) is 0 Å². The highest BCUT2D eigenvalue weighted by molar-refractivity contribution is 7.89. The minimum atomic E-state index is -3.44. The highest BCUT2D eigenvalue weighted by Crippen LogP contribution is 2.24. The summed E-state index contributed by atoms with van der Waals surface area (Å²) in [6, 6.07) is 12.9. The second kappa shape index (κ2) is 5.69. The number of likely N-dealkylation sites (N-methyl/N-ethyl adjacent to an activating group) is 2. The van der Waals surface area contributed by atoms with Crippen LogP contribution < -0.4 is 5.32 Å². The maximum Gasteiger partial charge on any atom is 0.243 e. The third kappa shape index (κ3) is 2.78. The number of hydrogen-bond acceptors (Lipinski definition) is 3. The van der Waals surface area contributed by atoms with Crippen LogP contribution >= 0.6 is 0 Å². The molecule has 0 heterocycles. The lowest BCUT2D eigenvalue weighted by Gasteiger charge is -2.18. The van der Waals surface area contributed by atoms with Crippen LogP contribution in [0, 0.1) is 0 Å². The first-order valence-corrected chi connectivity index (χ1v) is 7.60. The van der Waals surface area contributed by atoms with E-state index < -0.39 is 10.0 Å². The lowest BCUT2D eigenvalue weighted by atomic mass is 10.1. The molecule has 0 saturated carbocycles. The molecule has 2 rings (SSSR count). The summed E-state index contributed by atoms with van der Waals surface area (Å²) in [6.07, 6.45) is 0. The average molecular weight is 278 g/mol. The summed E-state index contributed by atoms with van der Waals surface area (Å²) < 4.78 is 26.5. The molecule has 0 spiro atoms. The van der Waals surface area contributed by atoms with Gasteiger partial charge >= 0.3 is 0 Å². The van der Waals surface area contributed by atoms with Gasteiger partial charge in [-0.2, -0.15) is 4.31 Å². The molecule has 0 aliphatic rings. The summed E-state index contributed by atoms with van der Waals surface area (Å²) in [5.41, 5.74) is 0. The zero-order valence-electron chi connectivity index (χ0n) is 11.1. The second-order valence-electron chi connectivity index (χ2n) is 4.41. The Morgan fingerprint density at radius 3 is 2.53 bits per heavy atom. The zero-order valence-corrected chi connectivity index (χ0v) is 11.9. The molecule has 4 nitrogen and oxygen atoms in total. The van der Waals surface area contributed by atoms with E-state index in [1.165, 1.54) is 4.31 Å². The topological polar surface area (TPSA) is 49.4 Å².